The second-order valence-electron chi connectivity index (χ2n) is 4.37. The summed E-state index contributed by atoms with van der Waals surface area (Å²) in [4.78, 5) is 0. The van der Waals surface area contributed by atoms with Crippen molar-refractivity contribution in [1.82, 2.24) is 10.0 Å². The lowest BCUT2D eigenvalue weighted by molar-refractivity contribution is 0.481. The normalized spacial score (nSPS) is 13.9. The number of unbranched alkanes of at least 4 members (excludes halogenated alkanes) is 2. The van der Waals surface area contributed by atoms with Crippen molar-refractivity contribution in [2.45, 2.75) is 52.0 Å². The van der Waals surface area contributed by atoms with Crippen LogP contribution in [0.15, 0.2) is 0 Å². The zero-order chi connectivity index (χ0) is 12.4. The molecule has 4 nitrogen and oxygen atoms in total. The molecule has 0 rings (SSSR count). The number of sulfonamides is 1. The molecule has 0 aliphatic rings. The van der Waals surface area contributed by atoms with Crippen LogP contribution in [0.5, 0.6) is 0 Å². The van der Waals surface area contributed by atoms with Crippen molar-refractivity contribution in [3.8, 4) is 0 Å². The van der Waals surface area contributed by atoms with Crippen LogP contribution in [-0.4, -0.2) is 33.8 Å². The summed E-state index contributed by atoms with van der Waals surface area (Å²) < 4.78 is 24.0. The molecule has 16 heavy (non-hydrogen) atoms. The van der Waals surface area contributed by atoms with Gasteiger partial charge in [-0.05, 0) is 26.3 Å². The van der Waals surface area contributed by atoms with Crippen molar-refractivity contribution < 1.29 is 8.42 Å². The number of hydrogen-bond donors (Lipinski definition) is 2. The van der Waals surface area contributed by atoms with E-state index in [0.717, 1.165) is 13.0 Å². The van der Waals surface area contributed by atoms with Crippen LogP contribution in [0.4, 0.5) is 0 Å². The van der Waals surface area contributed by atoms with Crippen molar-refractivity contribution in [2.24, 2.45) is 0 Å². The van der Waals surface area contributed by atoms with Gasteiger partial charge < -0.3 is 5.32 Å². The summed E-state index contributed by atoms with van der Waals surface area (Å²) in [7, 11) is -3.02. The highest BCUT2D eigenvalue weighted by molar-refractivity contribution is 7.88. The third-order valence-electron chi connectivity index (χ3n) is 2.45. The average Bonchev–Trinajstić information content (AvgIpc) is 2.16. The Bertz CT molecular complexity index is 253. The lowest BCUT2D eigenvalue weighted by Crippen LogP contribution is -2.30. The Hall–Kier alpha value is -0.130. The summed E-state index contributed by atoms with van der Waals surface area (Å²) in [6, 6.07) is 0.532. The smallest absolute Gasteiger partial charge is 0.208 e. The summed E-state index contributed by atoms with van der Waals surface area (Å²) in [6.07, 6.45) is 7.05. The van der Waals surface area contributed by atoms with Crippen molar-refractivity contribution in [3.63, 3.8) is 0 Å². The molecule has 2 N–H and O–H groups in total. The molecule has 0 radical (unpaired) electrons. The fraction of sp³-hybridized carbons (Fsp3) is 1.00. The minimum Gasteiger partial charge on any atom is -0.314 e. The number of nitrogens with one attached hydrogen (secondary N) is 2. The Morgan fingerprint density at radius 2 is 1.81 bits per heavy atom. The quantitative estimate of drug-likeness (QED) is 0.577. The van der Waals surface area contributed by atoms with Gasteiger partial charge in [0.25, 0.3) is 0 Å². The zero-order valence-electron chi connectivity index (χ0n) is 10.8. The van der Waals surface area contributed by atoms with Crippen molar-refractivity contribution in [2.75, 3.05) is 19.3 Å². The van der Waals surface area contributed by atoms with Gasteiger partial charge in [-0.3, -0.25) is 0 Å². The maximum atomic E-state index is 10.8. The Morgan fingerprint density at radius 1 is 1.12 bits per heavy atom. The van der Waals surface area contributed by atoms with Gasteiger partial charge in [0, 0.05) is 12.6 Å². The summed E-state index contributed by atoms with van der Waals surface area (Å²) in [6.45, 7) is 5.78. The molecule has 0 spiro atoms. The average molecular weight is 250 g/mol. The fourth-order valence-corrected chi connectivity index (χ4v) is 2.01. The van der Waals surface area contributed by atoms with Gasteiger partial charge in [-0.2, -0.15) is 0 Å². The molecule has 0 aromatic rings. The molecule has 0 aliphatic carbocycles. The van der Waals surface area contributed by atoms with E-state index in [4.69, 9.17) is 0 Å². The van der Waals surface area contributed by atoms with Gasteiger partial charge in [0.05, 0.1) is 6.26 Å². The largest absolute Gasteiger partial charge is 0.314 e. The van der Waals surface area contributed by atoms with Crippen LogP contribution in [-0.2, 0) is 10.0 Å². The highest BCUT2D eigenvalue weighted by Crippen LogP contribution is 2.02. The van der Waals surface area contributed by atoms with E-state index in [1.165, 1.54) is 31.9 Å². The first-order valence-corrected chi connectivity index (χ1v) is 8.03. The molecule has 0 saturated heterocycles. The van der Waals surface area contributed by atoms with E-state index in [1.807, 2.05) is 0 Å². The SMILES string of the molecule is CCCCCC(C)NCCCNS(C)(=O)=O. The van der Waals surface area contributed by atoms with Gasteiger partial charge in [0.1, 0.15) is 0 Å². The van der Waals surface area contributed by atoms with E-state index < -0.39 is 10.0 Å². The molecular weight excluding hydrogens is 224 g/mol. The molecule has 1 unspecified atom stereocenters. The highest BCUT2D eigenvalue weighted by atomic mass is 32.2. The lowest BCUT2D eigenvalue weighted by Gasteiger charge is -2.13. The molecule has 0 bridgehead atoms. The molecule has 98 valence electrons. The third kappa shape index (κ3) is 11.9. The van der Waals surface area contributed by atoms with Gasteiger partial charge in [0.2, 0.25) is 10.0 Å². The Morgan fingerprint density at radius 3 is 2.38 bits per heavy atom. The molecule has 0 heterocycles. The predicted molar refractivity (Wildman–Crippen MR) is 69.1 cm³/mol. The fourth-order valence-electron chi connectivity index (χ4n) is 1.50. The zero-order valence-corrected chi connectivity index (χ0v) is 11.6. The van der Waals surface area contributed by atoms with Crippen LogP contribution in [0.1, 0.15) is 46.0 Å². The monoisotopic (exact) mass is 250 g/mol. The van der Waals surface area contributed by atoms with E-state index in [9.17, 15) is 8.42 Å². The summed E-state index contributed by atoms with van der Waals surface area (Å²) in [5.74, 6) is 0. The lowest BCUT2D eigenvalue weighted by atomic mass is 10.1. The van der Waals surface area contributed by atoms with Crippen molar-refractivity contribution in [1.29, 1.82) is 0 Å². The summed E-state index contributed by atoms with van der Waals surface area (Å²) in [5, 5.41) is 3.39. The first kappa shape index (κ1) is 15.9. The third-order valence-corrected chi connectivity index (χ3v) is 3.18. The minimum absolute atomic E-state index is 0.521. The Kier molecular flexibility index (Phi) is 8.89. The Labute approximate surface area is 100 Å². The summed E-state index contributed by atoms with van der Waals surface area (Å²) in [5.41, 5.74) is 0. The minimum atomic E-state index is -3.02. The van der Waals surface area contributed by atoms with Crippen LogP contribution >= 0.6 is 0 Å². The van der Waals surface area contributed by atoms with Crippen molar-refractivity contribution >= 4 is 10.0 Å². The standard InChI is InChI=1S/C11H26N2O2S/c1-4-5-6-8-11(2)12-9-7-10-13-16(3,14)15/h11-13H,4-10H2,1-3H3. The van der Waals surface area contributed by atoms with Crippen LogP contribution in [0.3, 0.4) is 0 Å². The number of hydrogen-bond acceptors (Lipinski definition) is 3. The Balaban J connectivity index is 3.31. The topological polar surface area (TPSA) is 58.2 Å². The molecule has 0 saturated carbocycles. The number of rotatable bonds is 10. The molecule has 0 amide bonds. The molecule has 0 aromatic heterocycles. The second-order valence-corrected chi connectivity index (χ2v) is 6.20. The van der Waals surface area contributed by atoms with Crippen LogP contribution in [0.2, 0.25) is 0 Å². The second kappa shape index (κ2) is 8.96. The van der Waals surface area contributed by atoms with E-state index in [2.05, 4.69) is 23.9 Å². The van der Waals surface area contributed by atoms with Gasteiger partial charge in [-0.25, -0.2) is 13.1 Å². The van der Waals surface area contributed by atoms with Gasteiger partial charge in [-0.1, -0.05) is 26.2 Å². The first-order chi connectivity index (χ1) is 7.45. The van der Waals surface area contributed by atoms with E-state index in [-0.39, 0.29) is 0 Å². The maximum absolute atomic E-state index is 10.8. The van der Waals surface area contributed by atoms with Crippen molar-refractivity contribution in [3.05, 3.63) is 0 Å². The highest BCUT2D eigenvalue weighted by Gasteiger charge is 2.01. The molecule has 1 atom stereocenters. The summed E-state index contributed by atoms with van der Waals surface area (Å²) >= 11 is 0. The molecule has 5 heteroatoms. The van der Waals surface area contributed by atoms with Gasteiger partial charge >= 0.3 is 0 Å². The molecule has 0 aromatic carbocycles. The van der Waals surface area contributed by atoms with E-state index in [0.29, 0.717) is 12.6 Å². The maximum Gasteiger partial charge on any atom is 0.208 e. The van der Waals surface area contributed by atoms with Crippen LogP contribution in [0.25, 0.3) is 0 Å². The van der Waals surface area contributed by atoms with E-state index in [1.54, 1.807) is 0 Å². The first-order valence-electron chi connectivity index (χ1n) is 6.13. The van der Waals surface area contributed by atoms with E-state index >= 15 is 0 Å². The van der Waals surface area contributed by atoms with Crippen LogP contribution < -0.4 is 10.0 Å². The predicted octanol–water partition coefficient (Wildman–Crippen LogP) is 1.48. The van der Waals surface area contributed by atoms with Crippen LogP contribution in [0, 0.1) is 0 Å². The molecule has 0 aliphatic heterocycles. The van der Waals surface area contributed by atoms with Gasteiger partial charge in [-0.15, -0.1) is 0 Å². The molecular formula is C11H26N2O2S. The molecule has 0 fully saturated rings. The van der Waals surface area contributed by atoms with Gasteiger partial charge in [0.15, 0.2) is 0 Å².